The van der Waals surface area contributed by atoms with Gasteiger partial charge in [0.05, 0.1) is 16.9 Å². The van der Waals surface area contributed by atoms with Gasteiger partial charge in [-0.15, -0.1) is 0 Å². The molecule has 0 fully saturated rings. The Kier molecular flexibility index (Phi) is 4.16. The zero-order valence-corrected chi connectivity index (χ0v) is 10.7. The molecular formula is C15H12F2N2O. The SMILES string of the molecule is Cc1ccc(C#N)c(Nc2ccccc2OC(F)F)c1. The Morgan fingerprint density at radius 2 is 1.90 bits per heavy atom. The summed E-state index contributed by atoms with van der Waals surface area (Å²) in [5.41, 5.74) is 2.33. The highest BCUT2D eigenvalue weighted by atomic mass is 19.3. The molecular weight excluding hydrogens is 262 g/mol. The van der Waals surface area contributed by atoms with E-state index in [1.54, 1.807) is 30.3 Å². The van der Waals surface area contributed by atoms with Crippen LogP contribution in [0.3, 0.4) is 0 Å². The second kappa shape index (κ2) is 6.02. The highest BCUT2D eigenvalue weighted by Gasteiger charge is 2.10. The Bertz CT molecular complexity index is 651. The van der Waals surface area contributed by atoms with Crippen LogP contribution in [0.1, 0.15) is 11.1 Å². The number of anilines is 2. The number of para-hydroxylation sites is 2. The number of nitriles is 1. The molecule has 2 aromatic carbocycles. The molecule has 0 atom stereocenters. The normalized spacial score (nSPS) is 10.2. The van der Waals surface area contributed by atoms with Gasteiger partial charge in [0.15, 0.2) is 0 Å². The molecule has 2 rings (SSSR count). The molecule has 20 heavy (non-hydrogen) atoms. The summed E-state index contributed by atoms with van der Waals surface area (Å²) in [4.78, 5) is 0. The first kappa shape index (κ1) is 13.8. The minimum atomic E-state index is -2.90. The van der Waals surface area contributed by atoms with Crippen LogP contribution in [0.5, 0.6) is 5.75 Å². The van der Waals surface area contributed by atoms with Crippen LogP contribution in [-0.4, -0.2) is 6.61 Å². The highest BCUT2D eigenvalue weighted by Crippen LogP contribution is 2.30. The van der Waals surface area contributed by atoms with Crippen LogP contribution >= 0.6 is 0 Å². The first-order valence-electron chi connectivity index (χ1n) is 5.92. The standard InChI is InChI=1S/C15H12F2N2O/c1-10-6-7-11(9-18)13(8-10)19-12-4-2-3-5-14(12)20-15(16)17/h2-8,15,19H,1H3. The molecule has 0 saturated heterocycles. The predicted octanol–water partition coefficient (Wildman–Crippen LogP) is 4.21. The van der Waals surface area contributed by atoms with Gasteiger partial charge in [-0.25, -0.2) is 0 Å². The van der Waals surface area contributed by atoms with E-state index in [0.29, 0.717) is 16.9 Å². The maximum Gasteiger partial charge on any atom is 0.387 e. The molecule has 0 amide bonds. The van der Waals surface area contributed by atoms with Gasteiger partial charge in [0.2, 0.25) is 0 Å². The fourth-order valence-electron chi connectivity index (χ4n) is 1.77. The zero-order chi connectivity index (χ0) is 14.5. The van der Waals surface area contributed by atoms with Gasteiger partial charge in [0, 0.05) is 0 Å². The van der Waals surface area contributed by atoms with Crippen LogP contribution < -0.4 is 10.1 Å². The number of nitrogens with zero attached hydrogens (tertiary/aromatic N) is 1. The summed E-state index contributed by atoms with van der Waals surface area (Å²) >= 11 is 0. The van der Waals surface area contributed by atoms with E-state index in [2.05, 4.69) is 16.1 Å². The predicted molar refractivity (Wildman–Crippen MR) is 72.3 cm³/mol. The molecule has 0 aromatic heterocycles. The molecule has 0 aliphatic heterocycles. The molecule has 0 heterocycles. The van der Waals surface area contributed by atoms with Crippen molar-refractivity contribution in [3.8, 4) is 11.8 Å². The number of nitrogens with one attached hydrogen (secondary N) is 1. The largest absolute Gasteiger partial charge is 0.433 e. The van der Waals surface area contributed by atoms with Crippen molar-refractivity contribution in [3.63, 3.8) is 0 Å². The molecule has 3 nitrogen and oxygen atoms in total. The smallest absolute Gasteiger partial charge is 0.387 e. The number of hydrogen-bond donors (Lipinski definition) is 1. The molecule has 0 spiro atoms. The van der Waals surface area contributed by atoms with Crippen LogP contribution in [0.2, 0.25) is 0 Å². The van der Waals surface area contributed by atoms with Gasteiger partial charge in [-0.1, -0.05) is 18.2 Å². The molecule has 0 bridgehead atoms. The molecule has 0 radical (unpaired) electrons. The van der Waals surface area contributed by atoms with E-state index >= 15 is 0 Å². The van der Waals surface area contributed by atoms with Crippen molar-refractivity contribution in [1.29, 1.82) is 5.26 Å². The number of rotatable bonds is 4. The molecule has 1 N–H and O–H groups in total. The lowest BCUT2D eigenvalue weighted by atomic mass is 10.1. The molecule has 0 unspecified atom stereocenters. The van der Waals surface area contributed by atoms with E-state index in [-0.39, 0.29) is 5.75 Å². The molecule has 2 aromatic rings. The van der Waals surface area contributed by atoms with E-state index < -0.39 is 6.61 Å². The second-order valence-electron chi connectivity index (χ2n) is 4.16. The van der Waals surface area contributed by atoms with E-state index in [9.17, 15) is 8.78 Å². The third-order valence-corrected chi connectivity index (χ3v) is 2.67. The Morgan fingerprint density at radius 1 is 1.15 bits per heavy atom. The Labute approximate surface area is 115 Å². The van der Waals surface area contributed by atoms with Crippen molar-refractivity contribution >= 4 is 11.4 Å². The van der Waals surface area contributed by atoms with Gasteiger partial charge in [-0.2, -0.15) is 14.0 Å². The maximum absolute atomic E-state index is 12.3. The van der Waals surface area contributed by atoms with Crippen LogP contribution in [0.4, 0.5) is 20.2 Å². The lowest BCUT2D eigenvalue weighted by Crippen LogP contribution is -2.04. The van der Waals surface area contributed by atoms with Gasteiger partial charge >= 0.3 is 6.61 Å². The van der Waals surface area contributed by atoms with Crippen LogP contribution in [0, 0.1) is 18.3 Å². The highest BCUT2D eigenvalue weighted by molar-refractivity contribution is 5.71. The van der Waals surface area contributed by atoms with Crippen LogP contribution in [-0.2, 0) is 0 Å². The Balaban J connectivity index is 2.35. The third kappa shape index (κ3) is 3.23. The summed E-state index contributed by atoms with van der Waals surface area (Å²) in [6.45, 7) is -1.01. The van der Waals surface area contributed by atoms with Gasteiger partial charge < -0.3 is 10.1 Å². The van der Waals surface area contributed by atoms with Crippen molar-refractivity contribution in [2.75, 3.05) is 5.32 Å². The van der Waals surface area contributed by atoms with Crippen molar-refractivity contribution in [3.05, 3.63) is 53.6 Å². The van der Waals surface area contributed by atoms with E-state index in [1.165, 1.54) is 6.07 Å². The monoisotopic (exact) mass is 274 g/mol. The topological polar surface area (TPSA) is 45.0 Å². The first-order valence-corrected chi connectivity index (χ1v) is 5.92. The van der Waals surface area contributed by atoms with Crippen LogP contribution in [0.25, 0.3) is 0 Å². The van der Waals surface area contributed by atoms with E-state index in [0.717, 1.165) is 5.56 Å². The lowest BCUT2D eigenvalue weighted by Gasteiger charge is -2.13. The van der Waals surface area contributed by atoms with Crippen molar-refractivity contribution < 1.29 is 13.5 Å². The Hall–Kier alpha value is -2.61. The number of benzene rings is 2. The minimum Gasteiger partial charge on any atom is -0.433 e. The van der Waals surface area contributed by atoms with Gasteiger partial charge in [-0.3, -0.25) is 0 Å². The summed E-state index contributed by atoms with van der Waals surface area (Å²) in [7, 11) is 0. The molecule has 5 heteroatoms. The molecule has 0 aliphatic carbocycles. The second-order valence-corrected chi connectivity index (χ2v) is 4.16. The minimum absolute atomic E-state index is 0.0351. The Morgan fingerprint density at radius 3 is 2.60 bits per heavy atom. The van der Waals surface area contributed by atoms with Gasteiger partial charge in [0.25, 0.3) is 0 Å². The number of hydrogen-bond acceptors (Lipinski definition) is 3. The van der Waals surface area contributed by atoms with Crippen LogP contribution in [0.15, 0.2) is 42.5 Å². The average molecular weight is 274 g/mol. The summed E-state index contributed by atoms with van der Waals surface area (Å²) in [5, 5.41) is 12.0. The quantitative estimate of drug-likeness (QED) is 0.908. The maximum atomic E-state index is 12.3. The van der Waals surface area contributed by atoms with Crippen molar-refractivity contribution in [2.45, 2.75) is 13.5 Å². The summed E-state index contributed by atoms with van der Waals surface area (Å²) in [5.74, 6) is 0.0351. The number of aryl methyl sites for hydroxylation is 1. The zero-order valence-electron chi connectivity index (χ0n) is 10.7. The number of halogens is 2. The molecule has 0 aliphatic rings. The fourth-order valence-corrected chi connectivity index (χ4v) is 1.77. The van der Waals surface area contributed by atoms with Crippen molar-refractivity contribution in [2.24, 2.45) is 0 Å². The summed E-state index contributed by atoms with van der Waals surface area (Å²) < 4.78 is 29.1. The summed E-state index contributed by atoms with van der Waals surface area (Å²) in [6, 6.07) is 13.7. The number of alkyl halides is 2. The van der Waals surface area contributed by atoms with E-state index in [4.69, 9.17) is 5.26 Å². The van der Waals surface area contributed by atoms with Gasteiger partial charge in [0.1, 0.15) is 11.8 Å². The fraction of sp³-hybridized carbons (Fsp3) is 0.133. The molecule has 0 saturated carbocycles. The third-order valence-electron chi connectivity index (χ3n) is 2.67. The molecule has 102 valence electrons. The summed E-state index contributed by atoms with van der Waals surface area (Å²) in [6.07, 6.45) is 0. The lowest BCUT2D eigenvalue weighted by molar-refractivity contribution is -0.0493. The number of ether oxygens (including phenoxy) is 1. The van der Waals surface area contributed by atoms with E-state index in [1.807, 2.05) is 13.0 Å². The first-order chi connectivity index (χ1) is 9.60. The van der Waals surface area contributed by atoms with Gasteiger partial charge in [-0.05, 0) is 36.8 Å². The average Bonchev–Trinajstić information content (AvgIpc) is 2.41. The van der Waals surface area contributed by atoms with Crippen molar-refractivity contribution in [1.82, 2.24) is 0 Å².